The molecule has 2 aliphatic rings. The van der Waals surface area contributed by atoms with Gasteiger partial charge in [-0.3, -0.25) is 9.59 Å². The van der Waals surface area contributed by atoms with Crippen LogP contribution in [0, 0.1) is 11.8 Å². The molecule has 1 saturated carbocycles. The molecule has 0 aromatic heterocycles. The first kappa shape index (κ1) is 13.7. The molecule has 0 spiro atoms. The normalized spacial score (nSPS) is 32.1. The molecule has 2 fully saturated rings. The van der Waals surface area contributed by atoms with Crippen LogP contribution in [0.15, 0.2) is 0 Å². The molecule has 0 bridgehead atoms. The van der Waals surface area contributed by atoms with E-state index in [0.29, 0.717) is 18.1 Å². The van der Waals surface area contributed by atoms with Crippen LogP contribution in [0.5, 0.6) is 0 Å². The molecule has 1 amide bonds. The van der Waals surface area contributed by atoms with Crippen molar-refractivity contribution in [3.63, 3.8) is 0 Å². The number of hydrogen-bond acceptors (Lipinski definition) is 3. The average Bonchev–Trinajstić information content (AvgIpc) is 2.87. The van der Waals surface area contributed by atoms with Crippen molar-refractivity contribution < 1.29 is 14.7 Å². The largest absolute Gasteiger partial charge is 0.481 e. The Labute approximate surface area is 112 Å². The lowest BCUT2D eigenvalue weighted by Crippen LogP contribution is -2.35. The fourth-order valence-electron chi connectivity index (χ4n) is 2.77. The van der Waals surface area contributed by atoms with Crippen LogP contribution in [0.1, 0.15) is 38.5 Å². The van der Waals surface area contributed by atoms with Gasteiger partial charge in [-0.1, -0.05) is 6.42 Å². The van der Waals surface area contributed by atoms with Crippen LogP contribution in [-0.4, -0.2) is 34.5 Å². The highest BCUT2D eigenvalue weighted by molar-refractivity contribution is 7.99. The Bertz CT molecular complexity index is 315. The summed E-state index contributed by atoms with van der Waals surface area (Å²) in [7, 11) is 0. The molecule has 4 nitrogen and oxygen atoms in total. The van der Waals surface area contributed by atoms with Crippen LogP contribution in [0.3, 0.4) is 0 Å². The Kier molecular flexibility index (Phi) is 4.92. The van der Waals surface area contributed by atoms with Crippen molar-refractivity contribution in [2.45, 2.75) is 43.8 Å². The number of rotatable bonds is 4. The maximum absolute atomic E-state index is 11.9. The minimum atomic E-state index is -0.756. The van der Waals surface area contributed by atoms with Gasteiger partial charge in [-0.2, -0.15) is 11.8 Å². The topological polar surface area (TPSA) is 66.4 Å². The molecule has 1 aliphatic carbocycles. The van der Waals surface area contributed by atoms with Crippen LogP contribution in [0.2, 0.25) is 0 Å². The maximum Gasteiger partial charge on any atom is 0.306 e. The van der Waals surface area contributed by atoms with Gasteiger partial charge in [-0.15, -0.1) is 0 Å². The highest BCUT2D eigenvalue weighted by atomic mass is 32.2. The SMILES string of the molecule is O=C(O)C1CCC(C(=O)NCC2CCCCS2)C1. The standard InChI is InChI=1S/C13H21NO3S/c15-12(9-4-5-10(7-9)13(16)17)14-8-11-3-1-2-6-18-11/h9-11H,1-8H2,(H,14,15)(H,16,17). The van der Waals surface area contributed by atoms with Gasteiger partial charge in [0.15, 0.2) is 0 Å². The minimum Gasteiger partial charge on any atom is -0.481 e. The summed E-state index contributed by atoms with van der Waals surface area (Å²) in [5.41, 5.74) is 0. The van der Waals surface area contributed by atoms with Crippen LogP contribution >= 0.6 is 11.8 Å². The highest BCUT2D eigenvalue weighted by Gasteiger charge is 2.33. The lowest BCUT2D eigenvalue weighted by molar-refractivity contribution is -0.141. The second-order valence-electron chi connectivity index (χ2n) is 5.28. The molecule has 3 unspecified atom stereocenters. The van der Waals surface area contributed by atoms with E-state index in [1.807, 2.05) is 11.8 Å². The number of carboxylic acids is 1. The highest BCUT2D eigenvalue weighted by Crippen LogP contribution is 2.31. The van der Waals surface area contributed by atoms with Gasteiger partial charge in [0.05, 0.1) is 5.92 Å². The van der Waals surface area contributed by atoms with E-state index >= 15 is 0 Å². The lowest BCUT2D eigenvalue weighted by Gasteiger charge is -2.22. The average molecular weight is 271 g/mol. The van der Waals surface area contributed by atoms with Crippen molar-refractivity contribution in [3.8, 4) is 0 Å². The van der Waals surface area contributed by atoms with Crippen LogP contribution < -0.4 is 5.32 Å². The Morgan fingerprint density at radius 1 is 1.17 bits per heavy atom. The predicted molar refractivity (Wildman–Crippen MR) is 71.6 cm³/mol. The smallest absolute Gasteiger partial charge is 0.306 e. The van der Waals surface area contributed by atoms with Gasteiger partial charge in [-0.05, 0) is 37.9 Å². The van der Waals surface area contributed by atoms with Crippen molar-refractivity contribution in [1.29, 1.82) is 0 Å². The summed E-state index contributed by atoms with van der Waals surface area (Å²) in [6, 6.07) is 0. The zero-order valence-corrected chi connectivity index (χ0v) is 11.4. The van der Waals surface area contributed by atoms with E-state index in [9.17, 15) is 9.59 Å². The predicted octanol–water partition coefficient (Wildman–Crippen LogP) is 1.89. The quantitative estimate of drug-likeness (QED) is 0.819. The van der Waals surface area contributed by atoms with Gasteiger partial charge in [0.2, 0.25) is 5.91 Å². The van der Waals surface area contributed by atoms with E-state index < -0.39 is 5.97 Å². The molecule has 2 rings (SSSR count). The van der Waals surface area contributed by atoms with Crippen LogP contribution in [0.4, 0.5) is 0 Å². The van der Waals surface area contributed by atoms with E-state index in [1.54, 1.807) is 0 Å². The monoisotopic (exact) mass is 271 g/mol. The molecule has 5 heteroatoms. The fraction of sp³-hybridized carbons (Fsp3) is 0.846. The first-order chi connectivity index (χ1) is 8.66. The molecular formula is C13H21NO3S. The molecule has 2 N–H and O–H groups in total. The van der Waals surface area contributed by atoms with Gasteiger partial charge in [0, 0.05) is 17.7 Å². The maximum atomic E-state index is 11.9. The second kappa shape index (κ2) is 6.45. The number of aliphatic carboxylic acids is 1. The van der Waals surface area contributed by atoms with E-state index in [0.717, 1.165) is 13.0 Å². The number of thioether (sulfide) groups is 1. The second-order valence-corrected chi connectivity index (χ2v) is 6.69. The first-order valence-corrected chi connectivity index (χ1v) is 7.84. The zero-order chi connectivity index (χ0) is 13.0. The first-order valence-electron chi connectivity index (χ1n) is 6.79. The molecule has 102 valence electrons. The van der Waals surface area contributed by atoms with Gasteiger partial charge >= 0.3 is 5.97 Å². The van der Waals surface area contributed by atoms with Gasteiger partial charge in [-0.25, -0.2) is 0 Å². The zero-order valence-electron chi connectivity index (χ0n) is 10.6. The molecule has 0 aromatic rings. The molecule has 18 heavy (non-hydrogen) atoms. The summed E-state index contributed by atoms with van der Waals surface area (Å²) in [5, 5.41) is 12.5. The molecule has 1 heterocycles. The van der Waals surface area contributed by atoms with Crippen LogP contribution in [-0.2, 0) is 9.59 Å². The van der Waals surface area contributed by atoms with Crippen LogP contribution in [0.25, 0.3) is 0 Å². The van der Waals surface area contributed by atoms with Crippen molar-refractivity contribution in [2.75, 3.05) is 12.3 Å². The summed E-state index contributed by atoms with van der Waals surface area (Å²) in [4.78, 5) is 22.8. The Morgan fingerprint density at radius 2 is 1.94 bits per heavy atom. The van der Waals surface area contributed by atoms with Gasteiger partial charge in [0.25, 0.3) is 0 Å². The number of carbonyl (C=O) groups is 2. The molecule has 0 aromatic carbocycles. The van der Waals surface area contributed by atoms with Crippen molar-refractivity contribution in [1.82, 2.24) is 5.32 Å². The summed E-state index contributed by atoms with van der Waals surface area (Å²) >= 11 is 1.94. The number of nitrogens with one attached hydrogen (secondary N) is 1. The van der Waals surface area contributed by atoms with Gasteiger partial charge in [0.1, 0.15) is 0 Å². The number of carboxylic acid groups (broad SMARTS) is 1. The molecule has 0 radical (unpaired) electrons. The third-order valence-electron chi connectivity index (χ3n) is 3.93. The van der Waals surface area contributed by atoms with E-state index in [1.165, 1.54) is 25.0 Å². The number of amides is 1. The molecule has 1 saturated heterocycles. The third-order valence-corrected chi connectivity index (χ3v) is 5.33. The summed E-state index contributed by atoms with van der Waals surface area (Å²) in [6.45, 7) is 0.748. The molecular weight excluding hydrogens is 250 g/mol. The Balaban J connectivity index is 1.70. The van der Waals surface area contributed by atoms with Crippen molar-refractivity contribution in [2.24, 2.45) is 11.8 Å². The number of carbonyl (C=O) groups excluding carboxylic acids is 1. The van der Waals surface area contributed by atoms with Crippen molar-refractivity contribution in [3.05, 3.63) is 0 Å². The minimum absolute atomic E-state index is 0.0601. The van der Waals surface area contributed by atoms with Gasteiger partial charge < -0.3 is 10.4 Å². The Morgan fingerprint density at radius 3 is 2.56 bits per heavy atom. The Hall–Kier alpha value is -0.710. The van der Waals surface area contributed by atoms with E-state index in [4.69, 9.17) is 5.11 Å². The summed E-state index contributed by atoms with van der Waals surface area (Å²) in [5.74, 6) is 0.105. The van der Waals surface area contributed by atoms with Crippen molar-refractivity contribution >= 4 is 23.6 Å². The summed E-state index contributed by atoms with van der Waals surface area (Å²) in [6.07, 6.45) is 5.62. The van der Waals surface area contributed by atoms with E-state index in [-0.39, 0.29) is 17.7 Å². The fourth-order valence-corrected chi connectivity index (χ4v) is 4.01. The lowest BCUT2D eigenvalue weighted by atomic mass is 10.0. The molecule has 3 atom stereocenters. The molecule has 1 aliphatic heterocycles. The van der Waals surface area contributed by atoms with E-state index in [2.05, 4.69) is 5.32 Å². The summed E-state index contributed by atoms with van der Waals surface area (Å²) < 4.78 is 0. The third kappa shape index (κ3) is 3.64. The number of hydrogen-bond donors (Lipinski definition) is 2.